The maximum absolute atomic E-state index is 11.1. The van der Waals surface area contributed by atoms with Gasteiger partial charge in [0, 0.05) is 13.1 Å². The Morgan fingerprint density at radius 3 is 2.56 bits per heavy atom. The third-order valence-electron chi connectivity index (χ3n) is 3.52. The van der Waals surface area contributed by atoms with Crippen molar-refractivity contribution in [1.29, 1.82) is 0 Å². The van der Waals surface area contributed by atoms with E-state index in [4.69, 9.17) is 0 Å². The van der Waals surface area contributed by atoms with E-state index in [-0.39, 0.29) is 5.91 Å². The first kappa shape index (κ1) is 13.0. The topological polar surface area (TPSA) is 48.0 Å². The van der Waals surface area contributed by atoms with Crippen molar-refractivity contribution >= 4 is 5.91 Å². The Hall–Kier alpha value is -1.45. The highest BCUT2D eigenvalue weighted by Crippen LogP contribution is 2.16. The number of amides is 1. The Morgan fingerprint density at radius 1 is 1.28 bits per heavy atom. The molecule has 18 heavy (non-hydrogen) atoms. The molecule has 2 rings (SSSR count). The van der Waals surface area contributed by atoms with Crippen molar-refractivity contribution in [1.82, 2.24) is 4.90 Å². The van der Waals surface area contributed by atoms with E-state index in [1.54, 1.807) is 5.57 Å². The van der Waals surface area contributed by atoms with Gasteiger partial charge in [-0.05, 0) is 44.0 Å². The van der Waals surface area contributed by atoms with E-state index < -0.39 is 0 Å². The van der Waals surface area contributed by atoms with Gasteiger partial charge in [-0.1, -0.05) is 23.8 Å². The molecule has 3 N–H and O–H groups in total. The molecule has 0 bridgehead atoms. The zero-order chi connectivity index (χ0) is 13.0. The van der Waals surface area contributed by atoms with Crippen LogP contribution in [-0.4, -0.2) is 30.9 Å². The van der Waals surface area contributed by atoms with Crippen LogP contribution in [0.4, 0.5) is 0 Å². The number of nitrogens with zero attached hydrogens (tertiary/aromatic N) is 1. The van der Waals surface area contributed by atoms with Crippen molar-refractivity contribution in [3.8, 4) is 0 Å². The third-order valence-corrected chi connectivity index (χ3v) is 3.52. The summed E-state index contributed by atoms with van der Waals surface area (Å²) in [5, 5.41) is 0. The molecule has 96 valence electrons. The van der Waals surface area contributed by atoms with Gasteiger partial charge in [0.15, 0.2) is 0 Å². The summed E-state index contributed by atoms with van der Waals surface area (Å²) in [6.07, 6.45) is 5.72. The molecule has 1 heterocycles. The number of rotatable bonds is 4. The highest BCUT2D eigenvalue weighted by molar-refractivity contribution is 5.85. The van der Waals surface area contributed by atoms with Gasteiger partial charge >= 0.3 is 5.91 Å². The van der Waals surface area contributed by atoms with E-state index in [2.05, 4.69) is 23.8 Å². The Kier molecular flexibility index (Phi) is 4.28. The lowest BCUT2D eigenvalue weighted by atomic mass is 9.99. The Labute approximate surface area is 108 Å². The predicted octanol–water partition coefficient (Wildman–Crippen LogP) is 1.26. The van der Waals surface area contributed by atoms with Crippen molar-refractivity contribution in [2.24, 2.45) is 0 Å². The third kappa shape index (κ3) is 3.52. The number of hydrogen-bond acceptors (Lipinski definition) is 2. The quantitative estimate of drug-likeness (QED) is 0.812. The van der Waals surface area contributed by atoms with Crippen molar-refractivity contribution in [3.63, 3.8) is 0 Å². The second-order valence-corrected chi connectivity index (χ2v) is 4.99. The molecule has 1 aliphatic heterocycles. The van der Waals surface area contributed by atoms with Gasteiger partial charge in [0.05, 0.1) is 5.56 Å². The van der Waals surface area contributed by atoms with Crippen molar-refractivity contribution in [3.05, 3.63) is 47.0 Å². The minimum atomic E-state index is -0.112. The number of hydrogen-bond donors (Lipinski definition) is 1. The first-order valence-corrected chi connectivity index (χ1v) is 6.47. The van der Waals surface area contributed by atoms with Crippen LogP contribution in [0.5, 0.6) is 0 Å². The molecular formula is C15H21N2O+. The Morgan fingerprint density at radius 2 is 2.00 bits per heavy atom. The lowest BCUT2D eigenvalue weighted by Gasteiger charge is -2.21. The van der Waals surface area contributed by atoms with Gasteiger partial charge in [0.25, 0.3) is 0 Å². The normalized spacial score (nSPS) is 16.4. The summed E-state index contributed by atoms with van der Waals surface area (Å²) in [6, 6.07) is 7.81. The van der Waals surface area contributed by atoms with Crippen molar-refractivity contribution < 1.29 is 10.5 Å². The molecule has 0 saturated carbocycles. The standard InChI is InChI=1S/C15H20N2O/c1-17-10-8-13(9-11-17)3-2-12-4-6-14(7-5-12)15(16)18/h4-8H,2-3,9-11H2,1H3,(H2,16,18)/p+1. The van der Waals surface area contributed by atoms with E-state index >= 15 is 0 Å². The molecule has 0 atom stereocenters. The number of carbonyl (C=O) groups excluding carboxylic acids is 1. The molecular weight excluding hydrogens is 224 g/mol. The molecule has 0 unspecified atom stereocenters. The van der Waals surface area contributed by atoms with Crippen LogP contribution in [0.1, 0.15) is 28.8 Å². The summed E-state index contributed by atoms with van der Waals surface area (Å²) in [5.41, 5.74) is 6.96. The zero-order valence-electron chi connectivity index (χ0n) is 11.0. The van der Waals surface area contributed by atoms with Crippen LogP contribution in [0.25, 0.3) is 0 Å². The highest BCUT2D eigenvalue weighted by atomic mass is 16.1. The van der Waals surface area contributed by atoms with Crippen LogP contribution in [0.15, 0.2) is 35.9 Å². The fraction of sp³-hybridized carbons (Fsp3) is 0.400. The van der Waals surface area contributed by atoms with Gasteiger partial charge in [-0.3, -0.25) is 5.73 Å². The minimum absolute atomic E-state index is 0.112. The number of carbonyl (C=O) groups is 1. The van der Waals surface area contributed by atoms with Crippen molar-refractivity contribution in [2.75, 3.05) is 20.1 Å². The second-order valence-electron chi connectivity index (χ2n) is 4.99. The molecule has 0 fully saturated rings. The zero-order valence-corrected chi connectivity index (χ0v) is 11.0. The molecule has 0 aliphatic carbocycles. The molecule has 0 aromatic heterocycles. The molecule has 1 aromatic rings. The first-order chi connectivity index (χ1) is 8.65. The summed E-state index contributed by atoms with van der Waals surface area (Å²) < 4.78 is 0. The SMILES string of the molecule is CN1CC=C(CCc2ccc(C([NH3+])=O)cc2)CC1. The van der Waals surface area contributed by atoms with Crippen LogP contribution in [0, 0.1) is 0 Å². The van der Waals surface area contributed by atoms with E-state index in [1.807, 2.05) is 24.3 Å². The summed E-state index contributed by atoms with van der Waals surface area (Å²) >= 11 is 0. The second kappa shape index (κ2) is 5.94. The Balaban J connectivity index is 1.88. The van der Waals surface area contributed by atoms with Crippen LogP contribution >= 0.6 is 0 Å². The lowest BCUT2D eigenvalue weighted by molar-refractivity contribution is -0.255. The number of benzene rings is 1. The molecule has 3 nitrogen and oxygen atoms in total. The number of quaternary nitrogens is 1. The van der Waals surface area contributed by atoms with E-state index in [9.17, 15) is 4.79 Å². The molecule has 1 amide bonds. The smallest absolute Gasteiger partial charge is 0.302 e. The monoisotopic (exact) mass is 245 g/mol. The Bertz CT molecular complexity index is 448. The van der Waals surface area contributed by atoms with Gasteiger partial charge < -0.3 is 4.90 Å². The first-order valence-electron chi connectivity index (χ1n) is 6.47. The highest BCUT2D eigenvalue weighted by Gasteiger charge is 2.08. The number of aryl methyl sites for hydroxylation is 1. The maximum atomic E-state index is 11.1. The predicted molar refractivity (Wildman–Crippen MR) is 72.2 cm³/mol. The van der Waals surface area contributed by atoms with Crippen LogP contribution in [-0.2, 0) is 6.42 Å². The molecule has 3 heteroatoms. The summed E-state index contributed by atoms with van der Waals surface area (Å²) in [5.74, 6) is -0.112. The average molecular weight is 245 g/mol. The molecule has 0 radical (unpaired) electrons. The average Bonchev–Trinajstić information content (AvgIpc) is 2.38. The van der Waals surface area contributed by atoms with Gasteiger partial charge in [-0.15, -0.1) is 0 Å². The van der Waals surface area contributed by atoms with Crippen LogP contribution < -0.4 is 5.73 Å². The molecule has 0 spiro atoms. The summed E-state index contributed by atoms with van der Waals surface area (Å²) in [6.45, 7) is 2.24. The number of likely N-dealkylation sites (N-methyl/N-ethyl adjacent to an activating group) is 1. The van der Waals surface area contributed by atoms with E-state index in [0.29, 0.717) is 5.56 Å². The molecule has 1 aliphatic rings. The molecule has 0 saturated heterocycles. The summed E-state index contributed by atoms with van der Waals surface area (Å²) in [7, 11) is 2.15. The largest absolute Gasteiger partial charge is 0.340 e. The maximum Gasteiger partial charge on any atom is 0.340 e. The van der Waals surface area contributed by atoms with Gasteiger partial charge in [-0.25, -0.2) is 4.79 Å². The van der Waals surface area contributed by atoms with E-state index in [1.165, 1.54) is 18.5 Å². The van der Waals surface area contributed by atoms with Crippen LogP contribution in [0.2, 0.25) is 0 Å². The van der Waals surface area contributed by atoms with Gasteiger partial charge in [0.1, 0.15) is 0 Å². The van der Waals surface area contributed by atoms with Gasteiger partial charge in [0.2, 0.25) is 0 Å². The minimum Gasteiger partial charge on any atom is -0.302 e. The van der Waals surface area contributed by atoms with E-state index in [0.717, 1.165) is 19.4 Å². The fourth-order valence-electron chi connectivity index (χ4n) is 2.20. The lowest BCUT2D eigenvalue weighted by Crippen LogP contribution is -2.56. The summed E-state index contributed by atoms with van der Waals surface area (Å²) in [4.78, 5) is 13.4. The fourth-order valence-corrected chi connectivity index (χ4v) is 2.20. The van der Waals surface area contributed by atoms with Gasteiger partial charge in [-0.2, -0.15) is 0 Å². The van der Waals surface area contributed by atoms with Crippen LogP contribution in [0.3, 0.4) is 0 Å². The van der Waals surface area contributed by atoms with Crippen molar-refractivity contribution in [2.45, 2.75) is 19.3 Å². The molecule has 1 aromatic carbocycles.